The number of carbonyl (C=O) groups is 4. The van der Waals surface area contributed by atoms with Gasteiger partial charge in [0.25, 0.3) is 15.9 Å². The fraction of sp³-hybridized carbons (Fsp3) is 0.655. The number of sulfonamides is 1. The first-order chi connectivity index (χ1) is 18.7. The summed E-state index contributed by atoms with van der Waals surface area (Å²) < 4.78 is 27.6. The molecule has 3 aliphatic rings. The number of piperidine rings is 1. The minimum absolute atomic E-state index is 0.0539. The Bertz CT molecular complexity index is 1340. The lowest BCUT2D eigenvalue weighted by Crippen LogP contribution is -2.62. The van der Waals surface area contributed by atoms with Gasteiger partial charge in [-0.2, -0.15) is 0 Å². The molecule has 4 atom stereocenters. The van der Waals surface area contributed by atoms with Crippen LogP contribution in [0.15, 0.2) is 35.2 Å². The predicted molar refractivity (Wildman–Crippen MR) is 153 cm³/mol. The molecule has 12 heteroatoms. The van der Waals surface area contributed by atoms with Crippen molar-refractivity contribution in [2.75, 3.05) is 6.54 Å². The van der Waals surface area contributed by atoms with Crippen LogP contribution in [0.1, 0.15) is 68.2 Å². The fourth-order valence-corrected chi connectivity index (χ4v) is 6.93. The van der Waals surface area contributed by atoms with Crippen molar-refractivity contribution >= 4 is 33.8 Å². The number of nitrogens with one attached hydrogen (secondary N) is 4. The highest BCUT2D eigenvalue weighted by Gasteiger charge is 2.70. The summed E-state index contributed by atoms with van der Waals surface area (Å²) in [7, 11) is -4.12. The normalized spacial score (nSPS) is 24.9. The third-order valence-corrected chi connectivity index (χ3v) is 9.81. The molecule has 0 radical (unpaired) electrons. The molecular formula is C29H43N5O6S. The van der Waals surface area contributed by atoms with Crippen molar-refractivity contribution in [3.8, 4) is 0 Å². The topological polar surface area (TPSA) is 154 Å². The van der Waals surface area contributed by atoms with Gasteiger partial charge in [-0.3, -0.25) is 14.4 Å². The number of hydrogen-bond acceptors (Lipinski definition) is 6. The molecule has 1 aliphatic heterocycles. The smallest absolute Gasteiger partial charge is 0.315 e. The second-order valence-corrected chi connectivity index (χ2v) is 16.0. The molecule has 11 nitrogen and oxygen atoms in total. The molecule has 1 aromatic carbocycles. The summed E-state index contributed by atoms with van der Waals surface area (Å²) >= 11 is 0. The van der Waals surface area contributed by atoms with Gasteiger partial charge in [-0.1, -0.05) is 52.8 Å². The first kappa shape index (κ1) is 30.8. The van der Waals surface area contributed by atoms with E-state index in [9.17, 15) is 27.6 Å². The van der Waals surface area contributed by atoms with Gasteiger partial charge in [-0.05, 0) is 68.4 Å². The molecule has 0 aromatic heterocycles. The minimum Gasteiger partial charge on any atom is -0.340 e. The first-order valence-corrected chi connectivity index (χ1v) is 15.5. The molecule has 1 aromatic rings. The summed E-state index contributed by atoms with van der Waals surface area (Å²) in [5, 5.41) is 8.44. The average molecular weight is 590 g/mol. The lowest BCUT2D eigenvalue weighted by molar-refractivity contribution is -0.144. The molecule has 3 fully saturated rings. The van der Waals surface area contributed by atoms with Gasteiger partial charge in [0.05, 0.1) is 4.90 Å². The van der Waals surface area contributed by atoms with Crippen LogP contribution in [0.25, 0.3) is 0 Å². The van der Waals surface area contributed by atoms with Crippen molar-refractivity contribution in [3.05, 3.63) is 30.3 Å². The molecule has 0 unspecified atom stereocenters. The Morgan fingerprint density at radius 3 is 2.07 bits per heavy atom. The standard InChI is InChI=1S/C29H43N5O6S/c1-26(2,3)21(30-25(38)32-27(4,5)6)23(36)34-16-18-19(28(18,7)8)20(34)22(35)31-29(14-15-29)24(37)33-41(39,40)17-12-10-9-11-13-17/h9-13,18-21H,14-16H2,1-8H3,(H,31,35)(H,33,37)(H2,30,32,38)/t18-,19-,20-,21+/m0/s1. The lowest BCUT2D eigenvalue weighted by Gasteiger charge is -2.38. The van der Waals surface area contributed by atoms with Crippen molar-refractivity contribution in [2.24, 2.45) is 22.7 Å². The number of amides is 5. The van der Waals surface area contributed by atoms with E-state index < -0.39 is 56.4 Å². The van der Waals surface area contributed by atoms with Gasteiger partial charge in [0.15, 0.2) is 0 Å². The third kappa shape index (κ3) is 6.22. The maximum atomic E-state index is 14.0. The van der Waals surface area contributed by atoms with Gasteiger partial charge in [-0.15, -0.1) is 0 Å². The zero-order chi connectivity index (χ0) is 30.8. The van der Waals surface area contributed by atoms with Gasteiger partial charge >= 0.3 is 6.03 Å². The Morgan fingerprint density at radius 1 is 0.976 bits per heavy atom. The number of benzene rings is 1. The molecule has 4 rings (SSSR count). The molecule has 41 heavy (non-hydrogen) atoms. The summed E-state index contributed by atoms with van der Waals surface area (Å²) in [6.07, 6.45) is 0.568. The highest BCUT2D eigenvalue weighted by Crippen LogP contribution is 2.65. The quantitative estimate of drug-likeness (QED) is 0.382. The maximum Gasteiger partial charge on any atom is 0.315 e. The Hall–Kier alpha value is -3.15. The van der Waals surface area contributed by atoms with Crippen LogP contribution >= 0.6 is 0 Å². The van der Waals surface area contributed by atoms with E-state index in [4.69, 9.17) is 0 Å². The van der Waals surface area contributed by atoms with E-state index in [1.807, 2.05) is 55.4 Å². The van der Waals surface area contributed by atoms with Crippen LogP contribution in [-0.2, 0) is 24.4 Å². The molecular weight excluding hydrogens is 546 g/mol. The van der Waals surface area contributed by atoms with Crippen LogP contribution in [-0.4, -0.2) is 66.8 Å². The number of rotatable bonds is 7. The van der Waals surface area contributed by atoms with E-state index in [-0.39, 0.29) is 40.9 Å². The average Bonchev–Trinajstić information content (AvgIpc) is 3.65. The van der Waals surface area contributed by atoms with Crippen LogP contribution in [0.5, 0.6) is 0 Å². The SMILES string of the molecule is CC(C)(C)NC(=O)N[C@H](C(=O)N1C[C@H]2[C@@H]([C@H]1C(=O)NC1(C(=O)NS(=O)(=O)c3ccccc3)CC1)C2(C)C)C(C)(C)C. The molecule has 1 saturated heterocycles. The molecule has 5 amide bonds. The Balaban J connectivity index is 1.53. The van der Waals surface area contributed by atoms with Crippen molar-refractivity contribution < 1.29 is 27.6 Å². The number of hydrogen-bond donors (Lipinski definition) is 4. The zero-order valence-corrected chi connectivity index (χ0v) is 25.9. The van der Waals surface area contributed by atoms with Gasteiger partial charge in [0.1, 0.15) is 17.6 Å². The summed E-state index contributed by atoms with van der Waals surface area (Å²) in [6, 6.07) is 5.30. The molecule has 226 valence electrons. The molecule has 0 spiro atoms. The van der Waals surface area contributed by atoms with Crippen molar-refractivity contribution in [1.29, 1.82) is 0 Å². The molecule has 4 N–H and O–H groups in total. The predicted octanol–water partition coefficient (Wildman–Crippen LogP) is 2.14. The molecule has 2 saturated carbocycles. The van der Waals surface area contributed by atoms with Crippen LogP contribution in [0.3, 0.4) is 0 Å². The van der Waals surface area contributed by atoms with E-state index >= 15 is 0 Å². The monoisotopic (exact) mass is 589 g/mol. The maximum absolute atomic E-state index is 14.0. The van der Waals surface area contributed by atoms with Gasteiger partial charge in [0, 0.05) is 12.1 Å². The second kappa shape index (κ2) is 9.99. The van der Waals surface area contributed by atoms with E-state index in [1.165, 1.54) is 17.0 Å². The van der Waals surface area contributed by atoms with Crippen LogP contribution < -0.4 is 20.7 Å². The van der Waals surface area contributed by atoms with Gasteiger partial charge in [0.2, 0.25) is 11.8 Å². The number of urea groups is 1. The third-order valence-electron chi connectivity index (χ3n) is 8.46. The number of nitrogens with zero attached hydrogens (tertiary/aromatic N) is 1. The van der Waals surface area contributed by atoms with Gasteiger partial charge in [-0.25, -0.2) is 17.9 Å². The summed E-state index contributed by atoms with van der Waals surface area (Å²) in [6.45, 7) is 15.5. The second-order valence-electron chi connectivity index (χ2n) is 14.4. The van der Waals surface area contributed by atoms with E-state index in [0.717, 1.165) is 0 Å². The van der Waals surface area contributed by atoms with Gasteiger partial charge < -0.3 is 20.9 Å². The van der Waals surface area contributed by atoms with Crippen LogP contribution in [0.2, 0.25) is 0 Å². The number of likely N-dealkylation sites (tertiary alicyclic amines) is 1. The van der Waals surface area contributed by atoms with Crippen molar-refractivity contribution in [1.82, 2.24) is 25.6 Å². The molecule has 0 bridgehead atoms. The van der Waals surface area contributed by atoms with Crippen LogP contribution in [0.4, 0.5) is 4.79 Å². The number of carbonyl (C=O) groups excluding carboxylic acids is 4. The Morgan fingerprint density at radius 2 is 1.56 bits per heavy atom. The van der Waals surface area contributed by atoms with E-state index in [2.05, 4.69) is 20.7 Å². The van der Waals surface area contributed by atoms with E-state index in [0.29, 0.717) is 6.54 Å². The number of fused-ring (bicyclic) bond motifs is 1. The summed E-state index contributed by atoms with van der Waals surface area (Å²) in [5.74, 6) is -1.69. The summed E-state index contributed by atoms with van der Waals surface area (Å²) in [5.41, 5.74) is -2.70. The largest absolute Gasteiger partial charge is 0.340 e. The van der Waals surface area contributed by atoms with Crippen molar-refractivity contribution in [2.45, 2.75) is 96.3 Å². The van der Waals surface area contributed by atoms with Crippen molar-refractivity contribution in [3.63, 3.8) is 0 Å². The fourth-order valence-electron chi connectivity index (χ4n) is 5.86. The van der Waals surface area contributed by atoms with E-state index in [1.54, 1.807) is 18.2 Å². The minimum atomic E-state index is -4.12. The van der Waals surface area contributed by atoms with Crippen LogP contribution in [0, 0.1) is 22.7 Å². The first-order valence-electron chi connectivity index (χ1n) is 14.0. The Labute approximate surface area is 242 Å². The molecule has 2 aliphatic carbocycles. The Kier molecular flexibility index (Phi) is 7.51. The zero-order valence-electron chi connectivity index (χ0n) is 25.1. The highest BCUT2D eigenvalue weighted by molar-refractivity contribution is 7.90. The lowest BCUT2D eigenvalue weighted by atomic mass is 9.85. The summed E-state index contributed by atoms with van der Waals surface area (Å²) in [4.78, 5) is 55.2. The highest BCUT2D eigenvalue weighted by atomic mass is 32.2. The molecule has 1 heterocycles.